The van der Waals surface area contributed by atoms with Gasteiger partial charge in [0.1, 0.15) is 5.52 Å². The van der Waals surface area contributed by atoms with Gasteiger partial charge in [0.25, 0.3) is 0 Å². The highest BCUT2D eigenvalue weighted by Gasteiger charge is 2.21. The summed E-state index contributed by atoms with van der Waals surface area (Å²) in [5, 5.41) is 4.69. The average molecular weight is 978 g/mol. The van der Waals surface area contributed by atoms with E-state index in [0.717, 1.165) is 78.7 Å². The molecule has 358 valence electrons. The van der Waals surface area contributed by atoms with Crippen molar-refractivity contribution >= 4 is 100 Å². The molecule has 0 N–H and O–H groups in total. The van der Waals surface area contributed by atoms with Crippen LogP contribution in [-0.2, 0) is 0 Å². The number of pyridine rings is 1. The van der Waals surface area contributed by atoms with Gasteiger partial charge in [0.15, 0.2) is 5.58 Å². The first-order chi connectivity index (χ1) is 37.7. The molecule has 15 rings (SSSR count). The second-order valence-electron chi connectivity index (χ2n) is 18.9. The van der Waals surface area contributed by atoms with Crippen LogP contribution in [0, 0.1) is 0 Å². The molecule has 76 heavy (non-hydrogen) atoms. The maximum absolute atomic E-state index is 6.38. The Morgan fingerprint density at radius 3 is 1.14 bits per heavy atom. The van der Waals surface area contributed by atoms with Gasteiger partial charge in [-0.15, -0.1) is 0 Å². The van der Waals surface area contributed by atoms with Crippen LogP contribution in [-0.4, -0.2) is 24.1 Å². The van der Waals surface area contributed by atoms with E-state index >= 15 is 0 Å². The molecule has 0 aliphatic rings. The maximum atomic E-state index is 6.38. The molecule has 15 aromatic rings. The second-order valence-corrected chi connectivity index (χ2v) is 18.9. The number of aromatic nitrogens is 5. The molecule has 0 saturated carbocycles. The van der Waals surface area contributed by atoms with Gasteiger partial charge in [-0.3, -0.25) is 0 Å². The fourth-order valence-corrected chi connectivity index (χ4v) is 10.9. The summed E-state index contributed by atoms with van der Waals surface area (Å²) in [5.41, 5.74) is 16.7. The Labute approximate surface area is 436 Å². The predicted octanol–water partition coefficient (Wildman–Crippen LogP) is 17.8. The largest absolute Gasteiger partial charge is 0.434 e. The Bertz CT molecular complexity index is 4200. The van der Waals surface area contributed by atoms with Crippen molar-refractivity contribution in [3.05, 3.63) is 261 Å². The Morgan fingerprint density at radius 2 is 0.697 bits per heavy atom. The molecule has 5 aromatic heterocycles. The summed E-state index contributed by atoms with van der Waals surface area (Å²) in [4.78, 5) is 19.1. The monoisotopic (exact) mass is 977 g/mol. The molecule has 0 unspecified atom stereocenters. The molecule has 0 fully saturated rings. The number of rotatable bonds is 10. The van der Waals surface area contributed by atoms with E-state index in [9.17, 15) is 0 Å². The minimum atomic E-state index is 0.394. The SMILES string of the molecule is c1ccc(N(c2ccccc2)c2ccc3c(c2)c2ccccc2n3-c2ccc(-c3nc4nc5oc(-c6ccc(-n7c8ccccc8c8cc(N(c9ccccc9)c9ccccc9)ccc87)cc6)nc5cc4o3)cc2)cc1. The number of nitrogens with zero attached hydrogens (tertiary/aromatic N) is 7. The lowest BCUT2D eigenvalue weighted by atomic mass is 10.1. The Balaban J connectivity index is 0.718. The van der Waals surface area contributed by atoms with Crippen LogP contribution in [0.4, 0.5) is 34.1 Å². The molecule has 0 radical (unpaired) electrons. The Kier molecular flexibility index (Phi) is 9.99. The lowest BCUT2D eigenvalue weighted by Crippen LogP contribution is -2.09. The Morgan fingerprint density at radius 1 is 0.303 bits per heavy atom. The molecular weight excluding hydrogens is 935 g/mol. The molecule has 0 atom stereocenters. The van der Waals surface area contributed by atoms with Crippen molar-refractivity contribution in [1.82, 2.24) is 24.1 Å². The fraction of sp³-hybridized carbons (Fsp3) is 0. The van der Waals surface area contributed by atoms with E-state index in [1.807, 2.05) is 30.3 Å². The number of para-hydroxylation sites is 6. The van der Waals surface area contributed by atoms with Gasteiger partial charge >= 0.3 is 0 Å². The third-order valence-corrected chi connectivity index (χ3v) is 14.4. The van der Waals surface area contributed by atoms with Gasteiger partial charge in [0.05, 0.1) is 22.1 Å². The minimum Gasteiger partial charge on any atom is -0.434 e. The van der Waals surface area contributed by atoms with Crippen LogP contribution in [0.3, 0.4) is 0 Å². The molecule has 9 nitrogen and oxygen atoms in total. The van der Waals surface area contributed by atoms with E-state index in [-0.39, 0.29) is 0 Å². The van der Waals surface area contributed by atoms with E-state index in [1.165, 1.54) is 21.5 Å². The average Bonchev–Trinajstić information content (AvgIpc) is 4.32. The summed E-state index contributed by atoms with van der Waals surface area (Å²) in [6, 6.07) is 91.2. The maximum Gasteiger partial charge on any atom is 0.249 e. The van der Waals surface area contributed by atoms with Gasteiger partial charge in [-0.2, -0.15) is 9.97 Å². The van der Waals surface area contributed by atoms with Crippen LogP contribution in [0.1, 0.15) is 0 Å². The van der Waals surface area contributed by atoms with Crippen LogP contribution >= 0.6 is 0 Å². The van der Waals surface area contributed by atoms with Crippen LogP contribution in [0.2, 0.25) is 0 Å². The molecule has 0 aliphatic heterocycles. The summed E-state index contributed by atoms with van der Waals surface area (Å²) in [6.07, 6.45) is 0. The predicted molar refractivity (Wildman–Crippen MR) is 308 cm³/mol. The van der Waals surface area contributed by atoms with Gasteiger partial charge in [-0.1, -0.05) is 109 Å². The summed E-state index contributed by atoms with van der Waals surface area (Å²) in [6.45, 7) is 0. The van der Waals surface area contributed by atoms with Gasteiger partial charge < -0.3 is 27.8 Å². The normalized spacial score (nSPS) is 11.7. The first-order valence-electron chi connectivity index (χ1n) is 25.3. The van der Waals surface area contributed by atoms with Crippen molar-refractivity contribution in [2.24, 2.45) is 0 Å². The van der Waals surface area contributed by atoms with Crippen molar-refractivity contribution < 1.29 is 8.83 Å². The Hall–Kier alpha value is -10.5. The molecule has 0 aliphatic carbocycles. The summed E-state index contributed by atoms with van der Waals surface area (Å²) >= 11 is 0. The summed E-state index contributed by atoms with van der Waals surface area (Å²) in [5.74, 6) is 0.939. The fourth-order valence-electron chi connectivity index (χ4n) is 10.9. The van der Waals surface area contributed by atoms with Crippen LogP contribution in [0.25, 0.3) is 100 Å². The summed E-state index contributed by atoms with van der Waals surface area (Å²) in [7, 11) is 0. The smallest absolute Gasteiger partial charge is 0.249 e. The van der Waals surface area contributed by atoms with Gasteiger partial charge in [-0.25, -0.2) is 4.98 Å². The van der Waals surface area contributed by atoms with Gasteiger partial charge in [0.2, 0.25) is 23.1 Å². The van der Waals surface area contributed by atoms with Crippen molar-refractivity contribution in [2.45, 2.75) is 0 Å². The van der Waals surface area contributed by atoms with E-state index in [4.69, 9.17) is 23.8 Å². The zero-order chi connectivity index (χ0) is 50.1. The van der Waals surface area contributed by atoms with Crippen molar-refractivity contribution in [2.75, 3.05) is 9.80 Å². The molecule has 0 amide bonds. The number of fused-ring (bicyclic) bond motifs is 8. The molecule has 0 saturated heterocycles. The van der Waals surface area contributed by atoms with Gasteiger partial charge in [0, 0.05) is 84.2 Å². The van der Waals surface area contributed by atoms with Crippen molar-refractivity contribution in [3.63, 3.8) is 0 Å². The zero-order valence-corrected chi connectivity index (χ0v) is 40.8. The van der Waals surface area contributed by atoms with E-state index < -0.39 is 0 Å². The summed E-state index contributed by atoms with van der Waals surface area (Å²) < 4.78 is 17.3. The number of benzene rings is 10. The highest BCUT2D eigenvalue weighted by atomic mass is 16.4. The molecule has 0 spiro atoms. The van der Waals surface area contributed by atoms with Crippen LogP contribution < -0.4 is 9.80 Å². The van der Waals surface area contributed by atoms with E-state index in [0.29, 0.717) is 34.2 Å². The number of oxazole rings is 2. The minimum absolute atomic E-state index is 0.394. The lowest BCUT2D eigenvalue weighted by molar-refractivity contribution is 0.608. The number of hydrogen-bond donors (Lipinski definition) is 0. The molecule has 5 heterocycles. The standard InChI is InChI=1S/C67H43N7O2/c1-5-17-46(18-6-1)71(47-19-7-2-8-20-47)52-37-39-61-56(41-52)54-25-13-15-27-59(54)73(61)50-33-29-44(30-34-50)65-68-58-43-63-64(70-67(58)76-65)69-66(75-63)45-31-35-51(36-32-45)74-60-28-16-14-26-55(60)57-42-53(38-40-62(57)74)72(48-21-9-3-10-22-48)49-23-11-4-12-24-49/h1-43H. The molecule has 10 aromatic carbocycles. The first-order valence-corrected chi connectivity index (χ1v) is 25.3. The molecule has 0 bridgehead atoms. The third kappa shape index (κ3) is 7.21. The van der Waals surface area contributed by atoms with Crippen molar-refractivity contribution in [3.8, 4) is 34.3 Å². The highest BCUT2D eigenvalue weighted by molar-refractivity contribution is 6.12. The molecular formula is C67H43N7O2. The van der Waals surface area contributed by atoms with Crippen LogP contribution in [0.5, 0.6) is 0 Å². The second kappa shape index (κ2) is 17.6. The number of hydrogen-bond acceptors (Lipinski definition) is 7. The van der Waals surface area contributed by atoms with E-state index in [2.05, 4.69) is 249 Å². The van der Waals surface area contributed by atoms with Gasteiger partial charge in [-0.05, 0) is 146 Å². The first kappa shape index (κ1) is 43.1. The zero-order valence-electron chi connectivity index (χ0n) is 40.8. The quantitative estimate of drug-likeness (QED) is 0.135. The van der Waals surface area contributed by atoms with Crippen molar-refractivity contribution in [1.29, 1.82) is 0 Å². The molecule has 9 heteroatoms. The van der Waals surface area contributed by atoms with Crippen LogP contribution in [0.15, 0.2) is 270 Å². The highest BCUT2D eigenvalue weighted by Crippen LogP contribution is 2.42. The van der Waals surface area contributed by atoms with E-state index in [1.54, 1.807) is 0 Å². The topological polar surface area (TPSA) is 81.3 Å². The lowest BCUT2D eigenvalue weighted by Gasteiger charge is -2.25. The third-order valence-electron chi connectivity index (χ3n) is 14.4. The number of anilines is 6.